The third-order valence-electron chi connectivity index (χ3n) is 4.17. The molecule has 1 aliphatic rings. The number of carbonyl (C=O) groups excluding carboxylic acids is 1. The lowest BCUT2D eigenvalue weighted by Crippen LogP contribution is -2.45. The van der Waals surface area contributed by atoms with Crippen LogP contribution in [-0.4, -0.2) is 46.4 Å². The van der Waals surface area contributed by atoms with Crippen molar-refractivity contribution in [3.63, 3.8) is 0 Å². The Balaban J connectivity index is 1.91. The van der Waals surface area contributed by atoms with Crippen molar-refractivity contribution in [2.24, 2.45) is 0 Å². The van der Waals surface area contributed by atoms with Crippen LogP contribution in [-0.2, 0) is 4.74 Å². The number of ether oxygens (including phenoxy) is 1. The zero-order valence-electron chi connectivity index (χ0n) is 13.6. The van der Waals surface area contributed by atoms with E-state index in [0.29, 0.717) is 36.6 Å². The largest absolute Gasteiger partial charge is 0.375 e. The van der Waals surface area contributed by atoms with Crippen molar-refractivity contribution >= 4 is 17.5 Å². The van der Waals surface area contributed by atoms with E-state index in [4.69, 9.17) is 16.3 Å². The molecule has 1 fully saturated rings. The molecule has 0 aliphatic carbocycles. The maximum absolute atomic E-state index is 13.1. The Morgan fingerprint density at radius 2 is 2.12 bits per heavy atom. The molecule has 1 aromatic heterocycles. The van der Waals surface area contributed by atoms with Gasteiger partial charge in [0.2, 0.25) is 0 Å². The van der Waals surface area contributed by atoms with Crippen LogP contribution in [0.2, 0.25) is 5.15 Å². The Morgan fingerprint density at radius 1 is 1.42 bits per heavy atom. The fraction of sp³-hybridized carbons (Fsp3) is 0.412. The molecule has 24 heavy (non-hydrogen) atoms. The molecule has 0 saturated carbocycles. The molecular weight excluding hydrogens is 333 g/mol. The lowest BCUT2D eigenvalue weighted by atomic mass is 10.1. The molecule has 0 bridgehead atoms. The fourth-order valence-corrected chi connectivity index (χ4v) is 3.16. The molecule has 0 radical (unpaired) electrons. The van der Waals surface area contributed by atoms with Gasteiger partial charge in [0.15, 0.2) is 0 Å². The summed E-state index contributed by atoms with van der Waals surface area (Å²) in [5, 5.41) is 4.59. The van der Waals surface area contributed by atoms with Crippen molar-refractivity contribution in [2.75, 3.05) is 19.7 Å². The highest BCUT2D eigenvalue weighted by Crippen LogP contribution is 2.26. The molecule has 1 amide bonds. The average molecular weight is 352 g/mol. The summed E-state index contributed by atoms with van der Waals surface area (Å²) in [6.45, 7) is 5.38. The summed E-state index contributed by atoms with van der Waals surface area (Å²) in [4.78, 5) is 14.6. The van der Waals surface area contributed by atoms with Crippen LogP contribution in [0.15, 0.2) is 24.3 Å². The highest BCUT2D eigenvalue weighted by molar-refractivity contribution is 6.33. The first kappa shape index (κ1) is 16.9. The van der Waals surface area contributed by atoms with Crippen LogP contribution in [0.4, 0.5) is 4.39 Å². The molecule has 1 aliphatic heterocycles. The van der Waals surface area contributed by atoms with Crippen molar-refractivity contribution in [3.8, 4) is 5.69 Å². The van der Waals surface area contributed by atoms with E-state index in [1.807, 2.05) is 6.92 Å². The van der Waals surface area contributed by atoms with Crippen LogP contribution in [0.25, 0.3) is 5.69 Å². The molecule has 0 spiro atoms. The molecule has 0 N–H and O–H groups in total. The zero-order chi connectivity index (χ0) is 17.3. The molecule has 3 rings (SSSR count). The summed E-state index contributed by atoms with van der Waals surface area (Å²) in [6.07, 6.45) is 0.902. The van der Waals surface area contributed by atoms with Gasteiger partial charge in [-0.05, 0) is 37.6 Å². The van der Waals surface area contributed by atoms with E-state index in [-0.39, 0.29) is 23.0 Å². The highest BCUT2D eigenvalue weighted by atomic mass is 35.5. The van der Waals surface area contributed by atoms with Gasteiger partial charge in [0, 0.05) is 13.1 Å². The maximum Gasteiger partial charge on any atom is 0.259 e. The quantitative estimate of drug-likeness (QED) is 0.853. The lowest BCUT2D eigenvalue weighted by molar-refractivity contribution is -0.0226. The van der Waals surface area contributed by atoms with E-state index in [1.54, 1.807) is 24.0 Å². The number of aryl methyl sites for hydroxylation is 1. The van der Waals surface area contributed by atoms with E-state index in [2.05, 4.69) is 5.10 Å². The number of benzene rings is 1. The Kier molecular flexibility index (Phi) is 4.87. The topological polar surface area (TPSA) is 47.4 Å². The van der Waals surface area contributed by atoms with Gasteiger partial charge >= 0.3 is 0 Å². The minimum atomic E-state index is -0.339. The van der Waals surface area contributed by atoms with E-state index < -0.39 is 0 Å². The Bertz CT molecular complexity index is 745. The predicted octanol–water partition coefficient (Wildman–Crippen LogP) is 3.22. The van der Waals surface area contributed by atoms with Gasteiger partial charge in [0.05, 0.1) is 29.7 Å². The molecular formula is C17H19ClFN3O2. The van der Waals surface area contributed by atoms with Crippen LogP contribution >= 0.6 is 11.6 Å². The molecule has 5 nitrogen and oxygen atoms in total. The van der Waals surface area contributed by atoms with Crippen LogP contribution < -0.4 is 0 Å². The second kappa shape index (κ2) is 6.91. The number of rotatable bonds is 3. The molecule has 1 unspecified atom stereocenters. The van der Waals surface area contributed by atoms with E-state index in [1.165, 1.54) is 16.8 Å². The second-order valence-corrected chi connectivity index (χ2v) is 6.15. The molecule has 128 valence electrons. The van der Waals surface area contributed by atoms with Gasteiger partial charge in [0.25, 0.3) is 5.91 Å². The smallest absolute Gasteiger partial charge is 0.259 e. The van der Waals surface area contributed by atoms with Crippen LogP contribution in [0.1, 0.15) is 29.4 Å². The number of hydrogen-bond donors (Lipinski definition) is 0. The normalized spacial score (nSPS) is 18.0. The number of halogens is 2. The first-order chi connectivity index (χ1) is 11.5. The number of carbonyl (C=O) groups is 1. The van der Waals surface area contributed by atoms with Crippen molar-refractivity contribution in [1.29, 1.82) is 0 Å². The molecule has 1 aromatic carbocycles. The SMILES string of the molecule is CCC1CN(C(=O)c2c(C)nn(-c3ccc(F)cc3)c2Cl)CCO1. The third kappa shape index (κ3) is 3.16. The number of amides is 1. The third-order valence-corrected chi connectivity index (χ3v) is 4.52. The van der Waals surface area contributed by atoms with Crippen molar-refractivity contribution in [2.45, 2.75) is 26.4 Å². The molecule has 2 heterocycles. The van der Waals surface area contributed by atoms with Crippen LogP contribution in [0, 0.1) is 12.7 Å². The summed E-state index contributed by atoms with van der Waals surface area (Å²) >= 11 is 6.42. The minimum Gasteiger partial charge on any atom is -0.375 e. The van der Waals surface area contributed by atoms with Gasteiger partial charge in [-0.3, -0.25) is 4.79 Å². The Labute approximate surface area is 145 Å². The summed E-state index contributed by atoms with van der Waals surface area (Å²) in [6, 6.07) is 5.81. The summed E-state index contributed by atoms with van der Waals surface area (Å²) < 4.78 is 20.2. The van der Waals surface area contributed by atoms with E-state index in [0.717, 1.165) is 6.42 Å². The van der Waals surface area contributed by atoms with Crippen LogP contribution in [0.3, 0.4) is 0 Å². The zero-order valence-corrected chi connectivity index (χ0v) is 14.4. The number of morpholine rings is 1. The number of nitrogens with zero attached hydrogens (tertiary/aromatic N) is 3. The molecule has 1 saturated heterocycles. The predicted molar refractivity (Wildman–Crippen MR) is 89.2 cm³/mol. The Hall–Kier alpha value is -1.92. The van der Waals surface area contributed by atoms with Gasteiger partial charge in [0.1, 0.15) is 11.0 Å². The monoisotopic (exact) mass is 351 g/mol. The van der Waals surface area contributed by atoms with Crippen molar-refractivity contribution < 1.29 is 13.9 Å². The van der Waals surface area contributed by atoms with Gasteiger partial charge < -0.3 is 9.64 Å². The minimum absolute atomic E-state index is 0.0499. The van der Waals surface area contributed by atoms with Gasteiger partial charge in [-0.15, -0.1) is 0 Å². The first-order valence-electron chi connectivity index (χ1n) is 7.93. The Morgan fingerprint density at radius 3 is 2.79 bits per heavy atom. The highest BCUT2D eigenvalue weighted by Gasteiger charge is 2.29. The molecule has 1 atom stereocenters. The first-order valence-corrected chi connectivity index (χ1v) is 8.31. The van der Waals surface area contributed by atoms with Gasteiger partial charge in [-0.1, -0.05) is 18.5 Å². The van der Waals surface area contributed by atoms with Crippen molar-refractivity contribution in [1.82, 2.24) is 14.7 Å². The summed E-state index contributed by atoms with van der Waals surface area (Å²) in [5.41, 5.74) is 1.54. The van der Waals surface area contributed by atoms with Crippen LogP contribution in [0.5, 0.6) is 0 Å². The maximum atomic E-state index is 13.1. The van der Waals surface area contributed by atoms with E-state index in [9.17, 15) is 9.18 Å². The molecule has 7 heteroatoms. The fourth-order valence-electron chi connectivity index (χ4n) is 2.80. The molecule has 2 aromatic rings. The lowest BCUT2D eigenvalue weighted by Gasteiger charge is -2.32. The number of hydrogen-bond acceptors (Lipinski definition) is 3. The summed E-state index contributed by atoms with van der Waals surface area (Å²) in [7, 11) is 0. The van der Waals surface area contributed by atoms with E-state index >= 15 is 0 Å². The summed E-state index contributed by atoms with van der Waals surface area (Å²) in [5.74, 6) is -0.485. The van der Waals surface area contributed by atoms with Gasteiger partial charge in [-0.2, -0.15) is 5.10 Å². The average Bonchev–Trinajstić information content (AvgIpc) is 2.89. The standard InChI is InChI=1S/C17H19ClFN3O2/c1-3-14-10-21(8-9-24-14)17(23)15-11(2)20-22(16(15)18)13-6-4-12(19)5-7-13/h4-7,14H,3,8-10H2,1-2H3. The van der Waals surface area contributed by atoms with Crippen molar-refractivity contribution in [3.05, 3.63) is 46.5 Å². The number of aromatic nitrogens is 2. The van der Waals surface area contributed by atoms with Gasteiger partial charge in [-0.25, -0.2) is 9.07 Å². The second-order valence-electron chi connectivity index (χ2n) is 5.79.